The Morgan fingerprint density at radius 3 is 2.74 bits per heavy atom. The molecule has 0 amide bonds. The van der Waals surface area contributed by atoms with Crippen LogP contribution in [0.15, 0.2) is 15.5 Å². The summed E-state index contributed by atoms with van der Waals surface area (Å²) in [5.41, 5.74) is 3.78. The van der Waals surface area contributed by atoms with Crippen LogP contribution in [0.2, 0.25) is 10.0 Å². The van der Waals surface area contributed by atoms with Gasteiger partial charge in [-0.25, -0.2) is 9.07 Å². The molecule has 2 aromatic heterocycles. The lowest BCUT2D eigenvalue weighted by molar-refractivity contribution is -0.0821. The van der Waals surface area contributed by atoms with E-state index in [9.17, 15) is 9.18 Å². The van der Waals surface area contributed by atoms with Gasteiger partial charge in [0.1, 0.15) is 10.7 Å². The van der Waals surface area contributed by atoms with E-state index in [-0.39, 0.29) is 52.9 Å². The molecule has 35 heavy (non-hydrogen) atoms. The van der Waals surface area contributed by atoms with Gasteiger partial charge in [-0.15, -0.1) is 0 Å². The summed E-state index contributed by atoms with van der Waals surface area (Å²) in [5, 5.41) is 8.65. The van der Waals surface area contributed by atoms with Crippen molar-refractivity contribution in [1.29, 1.82) is 0 Å². The first-order chi connectivity index (χ1) is 16.8. The summed E-state index contributed by atoms with van der Waals surface area (Å²) >= 11 is 11.9. The van der Waals surface area contributed by atoms with E-state index < -0.39 is 5.67 Å². The van der Waals surface area contributed by atoms with Crippen molar-refractivity contribution in [2.45, 2.75) is 75.2 Å². The summed E-state index contributed by atoms with van der Waals surface area (Å²) in [6.07, 6.45) is 5.82. The number of likely N-dealkylation sites (tertiary alicyclic amines) is 1. The maximum atomic E-state index is 14.3. The van der Waals surface area contributed by atoms with E-state index >= 15 is 0 Å². The van der Waals surface area contributed by atoms with E-state index in [4.69, 9.17) is 43.2 Å². The van der Waals surface area contributed by atoms with Crippen molar-refractivity contribution in [2.75, 3.05) is 26.2 Å². The van der Waals surface area contributed by atoms with Gasteiger partial charge in [0.15, 0.2) is 5.82 Å². The Morgan fingerprint density at radius 1 is 1.31 bits per heavy atom. The van der Waals surface area contributed by atoms with Gasteiger partial charge >= 0.3 is 0 Å². The first kappa shape index (κ1) is 25.1. The number of ether oxygens (including phenoxy) is 1. The molecular formula is C23H31Cl2FN6O3. The maximum absolute atomic E-state index is 14.3. The molecular weight excluding hydrogens is 498 g/mol. The van der Waals surface area contributed by atoms with Crippen LogP contribution in [-0.2, 0) is 4.74 Å². The second-order valence-electron chi connectivity index (χ2n) is 9.99. The van der Waals surface area contributed by atoms with Crippen LogP contribution in [0.3, 0.4) is 0 Å². The molecule has 4 heterocycles. The van der Waals surface area contributed by atoms with Crippen LogP contribution >= 0.6 is 23.2 Å². The van der Waals surface area contributed by atoms with Crippen LogP contribution in [0.25, 0.3) is 0 Å². The number of alkyl halides is 1. The Kier molecular flexibility index (Phi) is 7.20. The van der Waals surface area contributed by atoms with Crippen molar-refractivity contribution in [3.8, 4) is 0 Å². The van der Waals surface area contributed by atoms with Gasteiger partial charge in [-0.2, -0.15) is 10.1 Å². The molecule has 2 aromatic rings. The summed E-state index contributed by atoms with van der Waals surface area (Å²) in [7, 11) is 0. The van der Waals surface area contributed by atoms with E-state index in [0.29, 0.717) is 30.5 Å². The molecule has 12 heteroatoms. The number of nitrogens with zero attached hydrogens (tertiary/aromatic N) is 5. The molecule has 2 saturated heterocycles. The normalized spacial score (nSPS) is 30.9. The first-order valence-electron chi connectivity index (χ1n) is 12.3. The third-order valence-corrected chi connectivity index (χ3v) is 8.51. The third kappa shape index (κ3) is 5.00. The highest BCUT2D eigenvalue weighted by Gasteiger charge is 2.50. The number of aromatic nitrogens is 4. The maximum Gasteiger partial charge on any atom is 0.287 e. The average molecular weight is 529 g/mol. The van der Waals surface area contributed by atoms with Gasteiger partial charge in [-0.1, -0.05) is 35.3 Å². The number of piperidine rings is 1. The van der Waals surface area contributed by atoms with Crippen molar-refractivity contribution < 1.29 is 13.7 Å². The summed E-state index contributed by atoms with van der Waals surface area (Å²) in [6.45, 7) is 3.69. The highest BCUT2D eigenvalue weighted by molar-refractivity contribution is 6.41. The lowest BCUT2D eigenvalue weighted by Gasteiger charge is -2.35. The van der Waals surface area contributed by atoms with Gasteiger partial charge in [-0.05, 0) is 44.4 Å². The zero-order valence-electron chi connectivity index (χ0n) is 19.7. The second kappa shape index (κ2) is 10.0. The summed E-state index contributed by atoms with van der Waals surface area (Å²) in [4.78, 5) is 19.5. The zero-order valence-corrected chi connectivity index (χ0v) is 21.2. The van der Waals surface area contributed by atoms with Crippen molar-refractivity contribution in [2.24, 2.45) is 11.7 Å². The highest BCUT2D eigenvalue weighted by Crippen LogP contribution is 2.52. The van der Waals surface area contributed by atoms with Crippen molar-refractivity contribution >= 4 is 23.2 Å². The Balaban J connectivity index is 1.18. The predicted molar refractivity (Wildman–Crippen MR) is 128 cm³/mol. The van der Waals surface area contributed by atoms with Gasteiger partial charge in [0, 0.05) is 25.6 Å². The fourth-order valence-corrected chi connectivity index (χ4v) is 5.74. The summed E-state index contributed by atoms with van der Waals surface area (Å²) < 4.78 is 27.3. The predicted octanol–water partition coefficient (Wildman–Crippen LogP) is 3.67. The fourth-order valence-electron chi connectivity index (χ4n) is 5.48. The van der Waals surface area contributed by atoms with Crippen LogP contribution in [0.1, 0.15) is 75.2 Å². The fraction of sp³-hybridized carbons (Fsp3) is 0.739. The van der Waals surface area contributed by atoms with E-state index in [2.05, 4.69) is 22.1 Å². The van der Waals surface area contributed by atoms with E-state index in [1.165, 1.54) is 10.9 Å². The lowest BCUT2D eigenvalue weighted by Crippen LogP contribution is -2.44. The van der Waals surface area contributed by atoms with Crippen molar-refractivity contribution in [3.63, 3.8) is 0 Å². The molecule has 3 aliphatic rings. The molecule has 2 N–H and O–H groups in total. The van der Waals surface area contributed by atoms with E-state index in [0.717, 1.165) is 38.8 Å². The summed E-state index contributed by atoms with van der Waals surface area (Å²) in [6, 6.07) is -0.0233. The van der Waals surface area contributed by atoms with Crippen molar-refractivity contribution in [3.05, 3.63) is 38.3 Å². The molecule has 9 nitrogen and oxygen atoms in total. The standard InChI is InChI=1S/C23H31Cl2FN6O3/c1-2-17(31-7-4-13(5-8-31)32-22(33)19(25)16(24)10-28-32)21-29-20(30-35-21)15-9-14(15)18-3-6-23(26,11-27)12-34-18/h10,13-15,17-18H,2-9,11-12,27H2,1H3/t14?,15?,17?,18?,23-/m0/s1. The Labute approximate surface area is 213 Å². The Hall–Kier alpha value is -1.59. The molecule has 0 aromatic carbocycles. The number of halogens is 3. The number of hydrogen-bond acceptors (Lipinski definition) is 8. The van der Waals surface area contributed by atoms with Gasteiger partial charge in [0.25, 0.3) is 5.56 Å². The van der Waals surface area contributed by atoms with Crippen LogP contribution in [0, 0.1) is 5.92 Å². The minimum absolute atomic E-state index is 0.00162. The van der Waals surface area contributed by atoms with Gasteiger partial charge in [-0.3, -0.25) is 9.69 Å². The largest absolute Gasteiger partial charge is 0.375 e. The molecule has 0 bridgehead atoms. The number of rotatable bonds is 7. The molecule has 5 rings (SSSR count). The molecule has 4 unspecified atom stereocenters. The minimum atomic E-state index is -1.40. The molecule has 0 spiro atoms. The quantitative estimate of drug-likeness (QED) is 0.579. The molecule has 5 atom stereocenters. The summed E-state index contributed by atoms with van der Waals surface area (Å²) in [5.74, 6) is 1.82. The van der Waals surface area contributed by atoms with Gasteiger partial charge in [0.2, 0.25) is 5.89 Å². The monoisotopic (exact) mass is 528 g/mol. The van der Waals surface area contributed by atoms with Crippen LogP contribution in [-0.4, -0.2) is 62.8 Å². The number of nitrogens with two attached hydrogens (primary N) is 1. The van der Waals surface area contributed by atoms with Crippen LogP contribution in [0.4, 0.5) is 4.39 Å². The minimum Gasteiger partial charge on any atom is -0.375 e. The molecule has 3 fully saturated rings. The molecule has 2 aliphatic heterocycles. The third-order valence-electron chi connectivity index (χ3n) is 7.76. The zero-order chi connectivity index (χ0) is 24.7. The van der Waals surface area contributed by atoms with E-state index in [1.807, 2.05) is 0 Å². The first-order valence-corrected chi connectivity index (χ1v) is 13.1. The van der Waals surface area contributed by atoms with Crippen molar-refractivity contribution in [1.82, 2.24) is 24.8 Å². The van der Waals surface area contributed by atoms with Gasteiger partial charge < -0.3 is 15.0 Å². The van der Waals surface area contributed by atoms with Gasteiger partial charge in [0.05, 0.1) is 36.0 Å². The second-order valence-corrected chi connectivity index (χ2v) is 10.8. The van der Waals surface area contributed by atoms with Crippen LogP contribution in [0.5, 0.6) is 0 Å². The molecule has 1 aliphatic carbocycles. The van der Waals surface area contributed by atoms with Crippen LogP contribution < -0.4 is 11.3 Å². The SMILES string of the molecule is CCC(c1nc(C2CC2C2CC[C@](F)(CN)CO2)no1)N1CCC(n2ncc(Cl)c(Cl)c2=O)CC1. The molecule has 192 valence electrons. The average Bonchev–Trinajstić information content (AvgIpc) is 3.53. The Morgan fingerprint density at radius 2 is 2.09 bits per heavy atom. The lowest BCUT2D eigenvalue weighted by atomic mass is 9.93. The highest BCUT2D eigenvalue weighted by atomic mass is 35.5. The Bertz CT molecular complexity index is 1100. The molecule has 0 radical (unpaired) electrons. The molecule has 1 saturated carbocycles. The smallest absolute Gasteiger partial charge is 0.287 e. The van der Waals surface area contributed by atoms with E-state index in [1.54, 1.807) is 0 Å². The topological polar surface area (TPSA) is 112 Å². The number of hydrogen-bond donors (Lipinski definition) is 1.